The van der Waals surface area contributed by atoms with E-state index in [0.717, 1.165) is 19.4 Å². The van der Waals surface area contributed by atoms with Crippen LogP contribution in [0.1, 0.15) is 19.8 Å². The fourth-order valence-electron chi connectivity index (χ4n) is 1.67. The van der Waals surface area contributed by atoms with E-state index in [0.29, 0.717) is 6.61 Å². The van der Waals surface area contributed by atoms with Crippen molar-refractivity contribution >= 4 is 0 Å². The van der Waals surface area contributed by atoms with Crippen LogP contribution in [-0.4, -0.2) is 37.6 Å². The quantitative estimate of drug-likeness (QED) is 0.685. The molecule has 12 heavy (non-hydrogen) atoms. The van der Waals surface area contributed by atoms with Crippen LogP contribution in [0.25, 0.3) is 0 Å². The molecule has 0 aromatic carbocycles. The lowest BCUT2D eigenvalue weighted by atomic mass is 9.96. The summed E-state index contributed by atoms with van der Waals surface area (Å²) in [5, 5.41) is 9.80. The van der Waals surface area contributed by atoms with E-state index >= 15 is 0 Å². The molecule has 3 unspecified atom stereocenters. The molecule has 1 rings (SSSR count). The highest BCUT2D eigenvalue weighted by molar-refractivity contribution is 4.78. The van der Waals surface area contributed by atoms with Crippen LogP contribution in [0.2, 0.25) is 0 Å². The minimum atomic E-state index is -0.359. The van der Waals surface area contributed by atoms with Gasteiger partial charge in [0.05, 0.1) is 18.8 Å². The summed E-state index contributed by atoms with van der Waals surface area (Å²) in [5.41, 5.74) is 0. The molecular formula is C9H18O3. The summed E-state index contributed by atoms with van der Waals surface area (Å²) in [4.78, 5) is 0. The van der Waals surface area contributed by atoms with E-state index in [2.05, 4.69) is 0 Å². The molecule has 0 radical (unpaired) electrons. The maximum absolute atomic E-state index is 9.80. The number of aliphatic hydroxyl groups excluding tert-OH is 1. The average Bonchev–Trinajstić information content (AvgIpc) is 2.58. The Morgan fingerprint density at radius 1 is 1.67 bits per heavy atom. The summed E-state index contributed by atoms with van der Waals surface area (Å²) in [6.07, 6.45) is 1.43. The third kappa shape index (κ3) is 2.19. The van der Waals surface area contributed by atoms with Gasteiger partial charge in [0.2, 0.25) is 0 Å². The molecule has 0 aliphatic carbocycles. The molecule has 1 heterocycles. The van der Waals surface area contributed by atoms with Gasteiger partial charge in [-0.3, -0.25) is 0 Å². The SMILES string of the molecule is CCC(OC)C(O)C1CCOC1. The van der Waals surface area contributed by atoms with Crippen molar-refractivity contribution in [3.05, 3.63) is 0 Å². The first-order valence-corrected chi connectivity index (χ1v) is 4.58. The van der Waals surface area contributed by atoms with Crippen molar-refractivity contribution in [3.8, 4) is 0 Å². The van der Waals surface area contributed by atoms with Crippen molar-refractivity contribution in [2.75, 3.05) is 20.3 Å². The van der Waals surface area contributed by atoms with Gasteiger partial charge in [-0.05, 0) is 12.8 Å². The van der Waals surface area contributed by atoms with Gasteiger partial charge in [-0.2, -0.15) is 0 Å². The molecule has 3 heteroatoms. The number of hydrogen-bond donors (Lipinski definition) is 1. The van der Waals surface area contributed by atoms with Crippen molar-refractivity contribution in [2.45, 2.75) is 32.0 Å². The number of ether oxygens (including phenoxy) is 2. The average molecular weight is 174 g/mol. The minimum Gasteiger partial charge on any atom is -0.390 e. The second-order valence-corrected chi connectivity index (χ2v) is 3.30. The molecule has 1 saturated heterocycles. The molecule has 0 amide bonds. The van der Waals surface area contributed by atoms with E-state index in [1.165, 1.54) is 0 Å². The summed E-state index contributed by atoms with van der Waals surface area (Å²) in [5.74, 6) is 0.273. The molecule has 1 aliphatic rings. The molecule has 3 atom stereocenters. The molecule has 1 fully saturated rings. The molecule has 1 N–H and O–H groups in total. The van der Waals surface area contributed by atoms with Gasteiger partial charge in [0, 0.05) is 19.6 Å². The third-order valence-electron chi connectivity index (χ3n) is 2.53. The van der Waals surface area contributed by atoms with Crippen molar-refractivity contribution < 1.29 is 14.6 Å². The van der Waals surface area contributed by atoms with Gasteiger partial charge in [0.25, 0.3) is 0 Å². The Morgan fingerprint density at radius 2 is 2.42 bits per heavy atom. The van der Waals surface area contributed by atoms with Crippen LogP contribution in [0.4, 0.5) is 0 Å². The Morgan fingerprint density at radius 3 is 2.83 bits per heavy atom. The third-order valence-corrected chi connectivity index (χ3v) is 2.53. The van der Waals surface area contributed by atoms with Crippen LogP contribution in [0, 0.1) is 5.92 Å². The van der Waals surface area contributed by atoms with Crippen molar-refractivity contribution in [1.82, 2.24) is 0 Å². The van der Waals surface area contributed by atoms with Gasteiger partial charge in [0.15, 0.2) is 0 Å². The summed E-state index contributed by atoms with van der Waals surface area (Å²) in [6.45, 7) is 3.48. The van der Waals surface area contributed by atoms with Gasteiger partial charge in [-0.25, -0.2) is 0 Å². The number of methoxy groups -OCH3 is 1. The lowest BCUT2D eigenvalue weighted by Crippen LogP contribution is -2.34. The van der Waals surface area contributed by atoms with E-state index < -0.39 is 0 Å². The van der Waals surface area contributed by atoms with E-state index in [-0.39, 0.29) is 18.1 Å². The zero-order valence-electron chi connectivity index (χ0n) is 7.82. The topological polar surface area (TPSA) is 38.7 Å². The molecule has 3 nitrogen and oxygen atoms in total. The molecule has 0 bridgehead atoms. The largest absolute Gasteiger partial charge is 0.390 e. The Bertz CT molecular complexity index is 115. The summed E-state index contributed by atoms with van der Waals surface area (Å²) < 4.78 is 10.4. The highest BCUT2D eigenvalue weighted by atomic mass is 16.5. The maximum atomic E-state index is 9.80. The van der Waals surface area contributed by atoms with Crippen molar-refractivity contribution in [1.29, 1.82) is 0 Å². The van der Waals surface area contributed by atoms with Crippen LogP contribution < -0.4 is 0 Å². The van der Waals surface area contributed by atoms with Gasteiger partial charge in [0.1, 0.15) is 0 Å². The van der Waals surface area contributed by atoms with Crippen LogP contribution in [0.3, 0.4) is 0 Å². The highest BCUT2D eigenvalue weighted by Crippen LogP contribution is 2.21. The molecule has 1 aliphatic heterocycles. The fraction of sp³-hybridized carbons (Fsp3) is 1.00. The Balaban J connectivity index is 2.37. The number of hydrogen-bond acceptors (Lipinski definition) is 3. The lowest BCUT2D eigenvalue weighted by Gasteiger charge is -2.24. The Labute approximate surface area is 73.7 Å². The van der Waals surface area contributed by atoms with E-state index in [9.17, 15) is 5.11 Å². The summed E-state index contributed by atoms with van der Waals surface area (Å²) in [6, 6.07) is 0. The molecular weight excluding hydrogens is 156 g/mol. The van der Waals surface area contributed by atoms with Gasteiger partial charge >= 0.3 is 0 Å². The van der Waals surface area contributed by atoms with Crippen LogP contribution in [-0.2, 0) is 9.47 Å². The zero-order chi connectivity index (χ0) is 8.97. The summed E-state index contributed by atoms with van der Waals surface area (Å²) >= 11 is 0. The molecule has 0 spiro atoms. The van der Waals surface area contributed by atoms with Crippen LogP contribution in [0.5, 0.6) is 0 Å². The van der Waals surface area contributed by atoms with Crippen molar-refractivity contribution in [3.63, 3.8) is 0 Å². The Hall–Kier alpha value is -0.120. The van der Waals surface area contributed by atoms with E-state index in [4.69, 9.17) is 9.47 Å². The zero-order valence-corrected chi connectivity index (χ0v) is 7.82. The predicted octanol–water partition coefficient (Wildman–Crippen LogP) is 0.809. The summed E-state index contributed by atoms with van der Waals surface area (Å²) in [7, 11) is 1.65. The first kappa shape index (κ1) is 9.96. The van der Waals surface area contributed by atoms with Crippen LogP contribution in [0.15, 0.2) is 0 Å². The van der Waals surface area contributed by atoms with Crippen LogP contribution >= 0.6 is 0 Å². The normalized spacial score (nSPS) is 28.8. The number of rotatable bonds is 4. The standard InChI is InChI=1S/C9H18O3/c1-3-8(11-2)9(10)7-4-5-12-6-7/h7-10H,3-6H2,1-2H3. The number of aliphatic hydroxyl groups is 1. The molecule has 0 saturated carbocycles. The van der Waals surface area contributed by atoms with Crippen molar-refractivity contribution in [2.24, 2.45) is 5.92 Å². The monoisotopic (exact) mass is 174 g/mol. The van der Waals surface area contributed by atoms with E-state index in [1.807, 2.05) is 6.92 Å². The lowest BCUT2D eigenvalue weighted by molar-refractivity contribution is -0.0440. The molecule has 0 aromatic heterocycles. The van der Waals surface area contributed by atoms with Gasteiger partial charge in [-0.15, -0.1) is 0 Å². The first-order chi connectivity index (χ1) is 5.79. The second kappa shape index (κ2) is 4.80. The first-order valence-electron chi connectivity index (χ1n) is 4.58. The molecule has 72 valence electrons. The van der Waals surface area contributed by atoms with Gasteiger partial charge in [-0.1, -0.05) is 6.92 Å². The second-order valence-electron chi connectivity index (χ2n) is 3.30. The molecule has 0 aromatic rings. The smallest absolute Gasteiger partial charge is 0.0852 e. The van der Waals surface area contributed by atoms with Gasteiger partial charge < -0.3 is 14.6 Å². The minimum absolute atomic E-state index is 0.0308. The fourth-order valence-corrected chi connectivity index (χ4v) is 1.67. The van der Waals surface area contributed by atoms with E-state index in [1.54, 1.807) is 7.11 Å². The highest BCUT2D eigenvalue weighted by Gasteiger charge is 2.29. The predicted molar refractivity (Wildman–Crippen MR) is 46.0 cm³/mol. The maximum Gasteiger partial charge on any atom is 0.0852 e. The Kier molecular flexibility index (Phi) is 3.98.